The molecule has 16 N–H and O–H groups in total. The van der Waals surface area contributed by atoms with Crippen molar-refractivity contribution in [3.05, 3.63) is 35.9 Å². The minimum absolute atomic E-state index is 0.0344. The summed E-state index contributed by atoms with van der Waals surface area (Å²) < 4.78 is 0. The maximum atomic E-state index is 14.3. The Kier molecular flexibility index (Phi) is 33.2. The van der Waals surface area contributed by atoms with Crippen molar-refractivity contribution >= 4 is 70.9 Å². The first kappa shape index (κ1) is 68.2. The molecule has 0 radical (unpaired) electrons. The highest BCUT2D eigenvalue weighted by molar-refractivity contribution is 7.98. The van der Waals surface area contributed by atoms with Gasteiger partial charge in [-0.05, 0) is 112 Å². The highest BCUT2D eigenvalue weighted by Gasteiger charge is 2.34. The molecule has 0 fully saturated rings. The predicted octanol–water partition coefficient (Wildman–Crippen LogP) is -0.318. The van der Waals surface area contributed by atoms with Crippen molar-refractivity contribution in [2.45, 2.75) is 168 Å². The third-order valence-electron chi connectivity index (χ3n) is 12.1. The first-order valence-electron chi connectivity index (χ1n) is 26.4. The molecule has 0 spiro atoms. The smallest absolute Gasteiger partial charge is 0.326 e. The van der Waals surface area contributed by atoms with E-state index in [4.69, 9.17) is 17.2 Å². The van der Waals surface area contributed by atoms with Crippen LogP contribution in [0.1, 0.15) is 119 Å². The van der Waals surface area contributed by atoms with Gasteiger partial charge in [0.15, 0.2) is 0 Å². The molecule has 0 heterocycles. The van der Waals surface area contributed by atoms with Crippen molar-refractivity contribution in [3.8, 4) is 0 Å². The number of carbonyl (C=O) groups excluding carboxylic acids is 9. The normalized spacial score (nSPS) is 14.5. The van der Waals surface area contributed by atoms with Gasteiger partial charge < -0.3 is 70.2 Å². The Bertz CT molecular complexity index is 2010. The van der Waals surface area contributed by atoms with E-state index in [2.05, 4.69) is 47.9 Å². The Labute approximate surface area is 453 Å². The first-order valence-corrected chi connectivity index (χ1v) is 27.8. The van der Waals surface area contributed by atoms with Gasteiger partial charge in [0.2, 0.25) is 53.2 Å². The monoisotopic (exact) mass is 1090 g/mol. The third kappa shape index (κ3) is 27.3. The largest absolute Gasteiger partial charge is 0.480 e. The van der Waals surface area contributed by atoms with Crippen LogP contribution in [0.4, 0.5) is 0 Å². The topological polar surface area (TPSA) is 377 Å². The summed E-state index contributed by atoms with van der Waals surface area (Å²) >= 11 is 1.53. The van der Waals surface area contributed by atoms with Gasteiger partial charge in [0.05, 0.1) is 19.1 Å². The number of carboxylic acids is 1. The number of benzene rings is 1. The van der Waals surface area contributed by atoms with Gasteiger partial charge in [0.25, 0.3) is 0 Å². The van der Waals surface area contributed by atoms with E-state index < -0.39 is 126 Å². The van der Waals surface area contributed by atoms with Crippen molar-refractivity contribution in [1.82, 2.24) is 47.9 Å². The van der Waals surface area contributed by atoms with E-state index in [1.54, 1.807) is 58.0 Å². The molecule has 0 bridgehead atoms. The zero-order valence-corrected chi connectivity index (χ0v) is 46.9. The molecular formula is C52H90N12O11S. The lowest BCUT2D eigenvalue weighted by atomic mass is 9.99. The SMILES string of the molecule is CSCC[C@H](N)C(=O)N[C@H](C(=O)N[C@@H](Cc1ccccc1)C(=O)N[C@@H](CC(C)C)C(=O)N[C@@H](CCCCN)C(=O)NCC(=O)N[C@@H](CCCCN)C(=O)N[C@@H](CC(C)C)C(=O)NCC(=O)N[C@H](C(=O)O)C(C)C)C(C)C. The fourth-order valence-corrected chi connectivity index (χ4v) is 8.29. The Hall–Kier alpha value is -5.85. The van der Waals surface area contributed by atoms with Gasteiger partial charge in [-0.3, -0.25) is 43.2 Å². The number of thioether (sulfide) groups is 1. The van der Waals surface area contributed by atoms with Crippen molar-refractivity contribution in [3.63, 3.8) is 0 Å². The summed E-state index contributed by atoms with van der Waals surface area (Å²) in [6.45, 7) is 13.5. The average Bonchev–Trinajstić information content (AvgIpc) is 3.35. The van der Waals surface area contributed by atoms with Crippen LogP contribution in [0.3, 0.4) is 0 Å². The number of carbonyl (C=O) groups is 10. The van der Waals surface area contributed by atoms with Crippen LogP contribution in [0.25, 0.3) is 0 Å². The summed E-state index contributed by atoms with van der Waals surface area (Å²) in [5.74, 6) is -7.81. The molecule has 0 saturated heterocycles. The van der Waals surface area contributed by atoms with Gasteiger partial charge in [0.1, 0.15) is 42.3 Å². The number of nitrogens with two attached hydrogens (primary N) is 3. The van der Waals surface area contributed by atoms with Crippen LogP contribution in [-0.4, -0.2) is 151 Å². The van der Waals surface area contributed by atoms with Gasteiger partial charge >= 0.3 is 5.97 Å². The van der Waals surface area contributed by atoms with Crippen LogP contribution in [0, 0.1) is 23.7 Å². The van der Waals surface area contributed by atoms with E-state index in [0.29, 0.717) is 56.5 Å². The van der Waals surface area contributed by atoms with Crippen molar-refractivity contribution in [2.75, 3.05) is 38.2 Å². The summed E-state index contributed by atoms with van der Waals surface area (Å²) in [5, 5.41) is 33.2. The summed E-state index contributed by atoms with van der Waals surface area (Å²) in [4.78, 5) is 134. The van der Waals surface area contributed by atoms with Crippen LogP contribution in [0.5, 0.6) is 0 Å². The Morgan fingerprint density at radius 2 is 0.934 bits per heavy atom. The third-order valence-corrected chi connectivity index (χ3v) is 12.7. The maximum Gasteiger partial charge on any atom is 0.326 e. The predicted molar refractivity (Wildman–Crippen MR) is 293 cm³/mol. The number of hydrogen-bond acceptors (Lipinski definition) is 14. The van der Waals surface area contributed by atoms with Gasteiger partial charge in [-0.25, -0.2) is 4.79 Å². The van der Waals surface area contributed by atoms with E-state index in [0.717, 1.165) is 0 Å². The average molecular weight is 1090 g/mol. The summed E-state index contributed by atoms with van der Waals surface area (Å²) in [5.41, 5.74) is 18.3. The Morgan fingerprint density at radius 3 is 1.41 bits per heavy atom. The molecule has 0 aromatic heterocycles. The molecule has 24 heteroatoms. The zero-order valence-electron chi connectivity index (χ0n) is 46.1. The molecule has 76 heavy (non-hydrogen) atoms. The molecular weight excluding hydrogens is 1000 g/mol. The molecule has 8 atom stereocenters. The van der Waals surface area contributed by atoms with Gasteiger partial charge in [-0.2, -0.15) is 11.8 Å². The number of hydrogen-bond donors (Lipinski definition) is 13. The second-order valence-electron chi connectivity index (χ2n) is 20.6. The van der Waals surface area contributed by atoms with E-state index in [1.807, 2.05) is 34.0 Å². The fraction of sp³-hybridized carbons (Fsp3) is 0.692. The van der Waals surface area contributed by atoms with Crippen LogP contribution >= 0.6 is 11.8 Å². The molecule has 1 aromatic carbocycles. The standard InChI is InChI=1S/C52H90N12O11S/c1-30(2)25-38(47(69)57-29-42(66)63-44(33(7)8)52(74)75)60-48(70)37(20-14-16-23-54)58-41(65)28-56-46(68)36(19-13-15-22-53)59-49(71)39(26-31(3)4)61-50(72)40(27-34-17-11-10-12-18-34)62-51(73)43(32(5)6)64-45(67)35(55)21-24-76-9/h10-12,17-18,30-33,35-40,43-44H,13-16,19-29,53-55H2,1-9H3,(H,56,68)(H,57,69)(H,58,65)(H,59,71)(H,60,70)(H,61,72)(H,62,73)(H,63,66)(H,64,67)(H,74,75)/t35-,36-,37-,38-,39-,40-,43-,44-/m0/s1. The van der Waals surface area contributed by atoms with Crippen LogP contribution < -0.4 is 65.1 Å². The molecule has 23 nitrogen and oxygen atoms in total. The van der Waals surface area contributed by atoms with Crippen molar-refractivity contribution < 1.29 is 53.1 Å². The van der Waals surface area contributed by atoms with E-state index in [-0.39, 0.29) is 49.9 Å². The van der Waals surface area contributed by atoms with Crippen LogP contribution in [-0.2, 0) is 54.4 Å². The second kappa shape index (κ2) is 37.0. The quantitative estimate of drug-likeness (QED) is 0.0378. The summed E-state index contributed by atoms with van der Waals surface area (Å²) in [6.07, 6.45) is 4.66. The Morgan fingerprint density at radius 1 is 0.500 bits per heavy atom. The van der Waals surface area contributed by atoms with Gasteiger partial charge in [-0.1, -0.05) is 85.7 Å². The number of rotatable bonds is 38. The second-order valence-corrected chi connectivity index (χ2v) is 21.5. The van der Waals surface area contributed by atoms with Gasteiger partial charge in [-0.15, -0.1) is 0 Å². The summed E-state index contributed by atoms with van der Waals surface area (Å²) in [6, 6.07) is -0.0389. The number of aliphatic carboxylic acids is 1. The fourth-order valence-electron chi connectivity index (χ4n) is 7.80. The van der Waals surface area contributed by atoms with Crippen molar-refractivity contribution in [1.29, 1.82) is 0 Å². The van der Waals surface area contributed by atoms with Crippen LogP contribution in [0.15, 0.2) is 30.3 Å². The molecule has 9 amide bonds. The molecule has 430 valence electrons. The molecule has 0 aliphatic carbocycles. The lowest BCUT2D eigenvalue weighted by Crippen LogP contribution is -2.60. The molecule has 1 rings (SSSR count). The maximum absolute atomic E-state index is 14.3. The zero-order chi connectivity index (χ0) is 57.5. The number of unbranched alkanes of at least 4 members (excludes halogenated alkanes) is 2. The lowest BCUT2D eigenvalue weighted by Gasteiger charge is -2.28. The van der Waals surface area contributed by atoms with E-state index >= 15 is 0 Å². The minimum atomic E-state index is -1.23. The van der Waals surface area contributed by atoms with Gasteiger partial charge in [0, 0.05) is 6.42 Å². The summed E-state index contributed by atoms with van der Waals surface area (Å²) in [7, 11) is 0. The lowest BCUT2D eigenvalue weighted by molar-refractivity contribution is -0.143. The molecule has 0 unspecified atom stereocenters. The first-order chi connectivity index (χ1) is 35.8. The van der Waals surface area contributed by atoms with E-state index in [1.165, 1.54) is 11.8 Å². The van der Waals surface area contributed by atoms with E-state index in [9.17, 15) is 53.1 Å². The Balaban J connectivity index is 3.31. The van der Waals surface area contributed by atoms with Crippen molar-refractivity contribution in [2.24, 2.45) is 40.9 Å². The van der Waals surface area contributed by atoms with Crippen LogP contribution in [0.2, 0.25) is 0 Å². The number of nitrogens with one attached hydrogen (secondary N) is 9. The number of amides is 9. The highest BCUT2D eigenvalue weighted by Crippen LogP contribution is 2.13. The molecule has 0 aliphatic heterocycles. The minimum Gasteiger partial charge on any atom is -0.480 e. The molecule has 0 aliphatic rings. The molecule has 1 aromatic rings. The highest BCUT2D eigenvalue weighted by atomic mass is 32.2. The molecule has 0 saturated carbocycles. The number of carboxylic acid groups (broad SMARTS) is 1.